The van der Waals surface area contributed by atoms with Crippen LogP contribution in [-0.2, 0) is 5.41 Å². The van der Waals surface area contributed by atoms with Gasteiger partial charge in [0.15, 0.2) is 0 Å². The molecule has 0 amide bonds. The van der Waals surface area contributed by atoms with E-state index in [2.05, 4.69) is 194 Å². The Morgan fingerprint density at radius 3 is 1.53 bits per heavy atom. The van der Waals surface area contributed by atoms with Gasteiger partial charge in [-0.1, -0.05) is 176 Å². The van der Waals surface area contributed by atoms with Gasteiger partial charge in [-0.2, -0.15) is 0 Å². The van der Waals surface area contributed by atoms with Gasteiger partial charge in [-0.05, 0) is 139 Å². The van der Waals surface area contributed by atoms with Crippen molar-refractivity contribution in [1.29, 1.82) is 0 Å². The Bertz CT molecular complexity index is 3360. The highest BCUT2D eigenvalue weighted by Gasteiger charge is 2.52. The van der Waals surface area contributed by atoms with Gasteiger partial charge in [0.1, 0.15) is 0 Å². The lowest BCUT2D eigenvalue weighted by Crippen LogP contribution is -2.26. The molecule has 252 valence electrons. The topological polar surface area (TPSA) is 0 Å². The molecular formula is C55H32. The van der Waals surface area contributed by atoms with Gasteiger partial charge in [0.05, 0.1) is 5.41 Å². The molecule has 2 aliphatic carbocycles. The van der Waals surface area contributed by atoms with E-state index in [-0.39, 0.29) is 0 Å². The molecule has 13 rings (SSSR count). The zero-order chi connectivity index (χ0) is 35.8. The Balaban J connectivity index is 1.07. The van der Waals surface area contributed by atoms with Crippen molar-refractivity contribution in [2.75, 3.05) is 0 Å². The maximum Gasteiger partial charge on any atom is 0.0726 e. The molecule has 0 heterocycles. The van der Waals surface area contributed by atoms with Gasteiger partial charge < -0.3 is 0 Å². The fourth-order valence-electron chi connectivity index (χ4n) is 10.7. The van der Waals surface area contributed by atoms with Crippen molar-refractivity contribution in [2.24, 2.45) is 0 Å². The van der Waals surface area contributed by atoms with E-state index in [0.717, 1.165) is 0 Å². The predicted molar refractivity (Wildman–Crippen MR) is 232 cm³/mol. The van der Waals surface area contributed by atoms with Crippen LogP contribution in [-0.4, -0.2) is 0 Å². The monoisotopic (exact) mass is 692 g/mol. The summed E-state index contributed by atoms with van der Waals surface area (Å²) >= 11 is 0. The lowest BCUT2D eigenvalue weighted by atomic mass is 9.69. The van der Waals surface area contributed by atoms with Crippen molar-refractivity contribution in [1.82, 2.24) is 0 Å². The van der Waals surface area contributed by atoms with Gasteiger partial charge in [-0.25, -0.2) is 0 Å². The van der Waals surface area contributed by atoms with Crippen LogP contribution in [0.5, 0.6) is 0 Å². The van der Waals surface area contributed by atoms with E-state index < -0.39 is 5.41 Å². The molecule has 2 aliphatic rings. The summed E-state index contributed by atoms with van der Waals surface area (Å²) in [5, 5.41) is 13.1. The molecule has 0 fully saturated rings. The third-order valence-electron chi connectivity index (χ3n) is 13.0. The SMILES string of the molecule is c1ccc2c(c1)-c1ccccc1C21c2cc3ccccc3cc2-c2c1cc(-c1ccc(-c3ccc4ccc5cccc6ccc3c4c56)cc1)c1ccccc21. The Morgan fingerprint density at radius 2 is 0.800 bits per heavy atom. The Labute approximate surface area is 318 Å². The smallest absolute Gasteiger partial charge is 0.0619 e. The van der Waals surface area contributed by atoms with E-state index in [1.807, 2.05) is 0 Å². The third-order valence-corrected chi connectivity index (χ3v) is 13.0. The van der Waals surface area contributed by atoms with Crippen molar-refractivity contribution >= 4 is 53.9 Å². The highest BCUT2D eigenvalue weighted by Crippen LogP contribution is 2.65. The first-order valence-corrected chi connectivity index (χ1v) is 19.3. The summed E-state index contributed by atoms with van der Waals surface area (Å²) in [4.78, 5) is 0. The molecule has 0 atom stereocenters. The second-order valence-electron chi connectivity index (χ2n) is 15.5. The summed E-state index contributed by atoms with van der Waals surface area (Å²) in [5.41, 5.74) is 15.4. The van der Waals surface area contributed by atoms with E-state index >= 15 is 0 Å². The molecule has 11 aromatic carbocycles. The second kappa shape index (κ2) is 10.6. The first-order chi connectivity index (χ1) is 27.3. The van der Waals surface area contributed by atoms with Gasteiger partial charge in [-0.3, -0.25) is 0 Å². The first-order valence-electron chi connectivity index (χ1n) is 19.3. The first kappa shape index (κ1) is 29.4. The van der Waals surface area contributed by atoms with Gasteiger partial charge in [0.25, 0.3) is 0 Å². The van der Waals surface area contributed by atoms with Crippen LogP contribution in [0.1, 0.15) is 22.3 Å². The molecule has 11 aromatic rings. The summed E-state index contributed by atoms with van der Waals surface area (Å²) in [5.74, 6) is 0. The van der Waals surface area contributed by atoms with Crippen molar-refractivity contribution < 1.29 is 0 Å². The van der Waals surface area contributed by atoms with Crippen LogP contribution in [0.25, 0.3) is 98.4 Å². The lowest BCUT2D eigenvalue weighted by Gasteiger charge is -2.31. The quantitative estimate of drug-likeness (QED) is 0.158. The average Bonchev–Trinajstić information content (AvgIpc) is 3.71. The molecule has 0 nitrogen and oxygen atoms in total. The molecule has 0 aromatic heterocycles. The molecule has 55 heavy (non-hydrogen) atoms. The van der Waals surface area contributed by atoms with Gasteiger partial charge in [0, 0.05) is 0 Å². The maximum atomic E-state index is 2.55. The number of benzene rings is 11. The summed E-state index contributed by atoms with van der Waals surface area (Å²) in [6.45, 7) is 0. The van der Waals surface area contributed by atoms with Crippen molar-refractivity contribution in [3.63, 3.8) is 0 Å². The van der Waals surface area contributed by atoms with Gasteiger partial charge in [0.2, 0.25) is 0 Å². The lowest BCUT2D eigenvalue weighted by molar-refractivity contribution is 0.796. The summed E-state index contributed by atoms with van der Waals surface area (Å²) < 4.78 is 0. The van der Waals surface area contributed by atoms with Gasteiger partial charge >= 0.3 is 0 Å². The number of hydrogen-bond acceptors (Lipinski definition) is 0. The van der Waals surface area contributed by atoms with E-state index in [1.165, 1.54) is 121 Å². The Kier molecular flexibility index (Phi) is 5.65. The maximum absolute atomic E-state index is 2.55. The minimum atomic E-state index is -0.428. The summed E-state index contributed by atoms with van der Waals surface area (Å²) in [7, 11) is 0. The number of hydrogen-bond donors (Lipinski definition) is 0. The highest BCUT2D eigenvalue weighted by molar-refractivity contribution is 6.25. The Morgan fingerprint density at radius 1 is 0.255 bits per heavy atom. The molecule has 0 radical (unpaired) electrons. The van der Waals surface area contributed by atoms with Crippen LogP contribution < -0.4 is 0 Å². The molecule has 0 N–H and O–H groups in total. The summed E-state index contributed by atoms with van der Waals surface area (Å²) in [6, 6.07) is 73.4. The van der Waals surface area contributed by atoms with E-state index in [9.17, 15) is 0 Å². The van der Waals surface area contributed by atoms with Crippen LogP contribution in [0.15, 0.2) is 194 Å². The fraction of sp³-hybridized carbons (Fsp3) is 0.0182. The molecule has 0 saturated carbocycles. The normalized spacial score (nSPS) is 13.6. The highest BCUT2D eigenvalue weighted by atomic mass is 14.5. The molecule has 1 spiro atoms. The molecule has 0 saturated heterocycles. The minimum absolute atomic E-state index is 0.428. The van der Waals surface area contributed by atoms with Crippen molar-refractivity contribution in [3.05, 3.63) is 216 Å². The fourth-order valence-corrected chi connectivity index (χ4v) is 10.7. The van der Waals surface area contributed by atoms with Crippen LogP contribution in [0.2, 0.25) is 0 Å². The van der Waals surface area contributed by atoms with Crippen molar-refractivity contribution in [2.45, 2.75) is 5.41 Å². The second-order valence-corrected chi connectivity index (χ2v) is 15.5. The van der Waals surface area contributed by atoms with Crippen LogP contribution in [0.4, 0.5) is 0 Å². The zero-order valence-corrected chi connectivity index (χ0v) is 30.0. The van der Waals surface area contributed by atoms with Gasteiger partial charge in [-0.15, -0.1) is 0 Å². The molecule has 0 heteroatoms. The summed E-state index contributed by atoms with van der Waals surface area (Å²) in [6.07, 6.45) is 0. The van der Waals surface area contributed by atoms with Crippen molar-refractivity contribution in [3.8, 4) is 44.5 Å². The predicted octanol–water partition coefficient (Wildman–Crippen LogP) is 14.6. The van der Waals surface area contributed by atoms with Crippen LogP contribution >= 0.6 is 0 Å². The molecule has 0 aliphatic heterocycles. The third kappa shape index (κ3) is 3.71. The number of rotatable bonds is 2. The average molecular weight is 693 g/mol. The van der Waals surface area contributed by atoms with E-state index in [1.54, 1.807) is 0 Å². The number of fused-ring (bicyclic) bond motifs is 13. The molecular weight excluding hydrogens is 661 g/mol. The van der Waals surface area contributed by atoms with Crippen LogP contribution in [0, 0.1) is 0 Å². The zero-order valence-electron chi connectivity index (χ0n) is 30.0. The largest absolute Gasteiger partial charge is 0.0726 e. The van der Waals surface area contributed by atoms with E-state index in [4.69, 9.17) is 0 Å². The molecule has 0 unspecified atom stereocenters. The molecule has 0 bridgehead atoms. The standard InChI is InChI=1S/C55H32/c1-2-11-39-31-50-47(30-38(39)10-1)54-44-17-4-3-14-41(44)46(32-51(54)55(50)48-18-7-5-15-42(48)43-16-6-8-19-49(43)55)34-22-20-33(21-23-34)40-28-26-37-25-24-35-12-9-13-36-27-29-45(40)53(37)52(35)36/h1-32H. The minimum Gasteiger partial charge on any atom is -0.0619 e. The van der Waals surface area contributed by atoms with Crippen LogP contribution in [0.3, 0.4) is 0 Å². The Hall–Kier alpha value is -7.02. The van der Waals surface area contributed by atoms with E-state index in [0.29, 0.717) is 0 Å².